The summed E-state index contributed by atoms with van der Waals surface area (Å²) in [6.07, 6.45) is 2.15. The zero-order valence-electron chi connectivity index (χ0n) is 11.9. The lowest BCUT2D eigenvalue weighted by Gasteiger charge is -2.12. The number of benzene rings is 1. The molecule has 1 N–H and O–H groups in total. The minimum Gasteiger partial charge on any atom is -0.491 e. The third-order valence-electron chi connectivity index (χ3n) is 2.60. The lowest BCUT2D eigenvalue weighted by molar-refractivity contribution is 0.100. The second kappa shape index (κ2) is 10.1. The van der Waals surface area contributed by atoms with E-state index in [0.29, 0.717) is 13.2 Å². The molecule has 0 spiro atoms. The normalized spacial score (nSPS) is 10.7. The van der Waals surface area contributed by atoms with Crippen molar-refractivity contribution in [2.24, 2.45) is 0 Å². The second-order valence-corrected chi connectivity index (χ2v) is 4.83. The summed E-state index contributed by atoms with van der Waals surface area (Å²) in [5.41, 5.74) is 1.09. The zero-order chi connectivity index (χ0) is 13.9. The Morgan fingerprint density at radius 3 is 2.68 bits per heavy atom. The Bertz CT molecular complexity index is 358. The molecule has 0 atom stereocenters. The van der Waals surface area contributed by atoms with E-state index in [0.717, 1.165) is 48.9 Å². The highest BCUT2D eigenvalue weighted by atomic mass is 35.5. The summed E-state index contributed by atoms with van der Waals surface area (Å²) in [7, 11) is 0. The molecule has 0 heterocycles. The summed E-state index contributed by atoms with van der Waals surface area (Å²) in [5, 5.41) is 4.10. The third kappa shape index (κ3) is 6.81. The van der Waals surface area contributed by atoms with Crippen molar-refractivity contribution in [1.29, 1.82) is 0 Å². The van der Waals surface area contributed by atoms with E-state index < -0.39 is 0 Å². The van der Waals surface area contributed by atoms with Gasteiger partial charge in [-0.3, -0.25) is 0 Å². The SMILES string of the molecule is CCCNCc1cc(Cl)ccc1OCCOCCC. The molecule has 0 amide bonds. The molecule has 0 unspecified atom stereocenters. The van der Waals surface area contributed by atoms with Crippen LogP contribution in [0.2, 0.25) is 5.02 Å². The van der Waals surface area contributed by atoms with Crippen LogP contribution in [0.4, 0.5) is 0 Å². The van der Waals surface area contributed by atoms with E-state index in [-0.39, 0.29) is 0 Å². The van der Waals surface area contributed by atoms with E-state index in [9.17, 15) is 0 Å². The quantitative estimate of drug-likeness (QED) is 0.666. The van der Waals surface area contributed by atoms with Crippen molar-refractivity contribution >= 4 is 11.6 Å². The number of rotatable bonds is 10. The highest BCUT2D eigenvalue weighted by Gasteiger charge is 2.04. The molecular weight excluding hydrogens is 262 g/mol. The van der Waals surface area contributed by atoms with Gasteiger partial charge < -0.3 is 14.8 Å². The molecule has 0 saturated heterocycles. The molecule has 0 fully saturated rings. The molecule has 1 aromatic carbocycles. The fourth-order valence-corrected chi connectivity index (χ4v) is 1.88. The van der Waals surface area contributed by atoms with Crippen LogP contribution < -0.4 is 10.1 Å². The van der Waals surface area contributed by atoms with Crippen LogP contribution in [0.15, 0.2) is 18.2 Å². The summed E-state index contributed by atoms with van der Waals surface area (Å²) in [6, 6.07) is 5.73. The van der Waals surface area contributed by atoms with E-state index >= 15 is 0 Å². The van der Waals surface area contributed by atoms with Gasteiger partial charge in [-0.25, -0.2) is 0 Å². The highest BCUT2D eigenvalue weighted by Crippen LogP contribution is 2.22. The van der Waals surface area contributed by atoms with Crippen LogP contribution in [-0.2, 0) is 11.3 Å². The number of hydrogen-bond donors (Lipinski definition) is 1. The second-order valence-electron chi connectivity index (χ2n) is 4.39. The summed E-state index contributed by atoms with van der Waals surface area (Å²) < 4.78 is 11.1. The Balaban J connectivity index is 2.45. The summed E-state index contributed by atoms with van der Waals surface area (Å²) in [4.78, 5) is 0. The third-order valence-corrected chi connectivity index (χ3v) is 2.83. The molecule has 0 aliphatic heterocycles. The van der Waals surface area contributed by atoms with Crippen LogP contribution in [0.5, 0.6) is 5.75 Å². The molecule has 0 radical (unpaired) electrons. The first-order chi connectivity index (χ1) is 9.27. The molecule has 1 aromatic rings. The van der Waals surface area contributed by atoms with E-state index in [1.807, 2.05) is 18.2 Å². The first kappa shape index (κ1) is 16.3. The average molecular weight is 286 g/mol. The maximum atomic E-state index is 6.02. The fourth-order valence-electron chi connectivity index (χ4n) is 1.68. The molecule has 0 bridgehead atoms. The van der Waals surface area contributed by atoms with Crippen LogP contribution in [0.1, 0.15) is 32.3 Å². The van der Waals surface area contributed by atoms with E-state index in [2.05, 4.69) is 19.2 Å². The lowest BCUT2D eigenvalue weighted by Crippen LogP contribution is -2.15. The van der Waals surface area contributed by atoms with Gasteiger partial charge in [0.1, 0.15) is 12.4 Å². The minimum atomic E-state index is 0.572. The van der Waals surface area contributed by atoms with Crippen LogP contribution in [0.25, 0.3) is 0 Å². The van der Waals surface area contributed by atoms with Gasteiger partial charge >= 0.3 is 0 Å². The molecular formula is C15H24ClNO2. The van der Waals surface area contributed by atoms with E-state index in [1.165, 1.54) is 0 Å². The largest absolute Gasteiger partial charge is 0.491 e. The van der Waals surface area contributed by atoms with Gasteiger partial charge in [-0.1, -0.05) is 25.4 Å². The van der Waals surface area contributed by atoms with E-state index in [4.69, 9.17) is 21.1 Å². The van der Waals surface area contributed by atoms with Gasteiger partial charge in [-0.05, 0) is 37.6 Å². The number of halogens is 1. The average Bonchev–Trinajstić information content (AvgIpc) is 2.41. The van der Waals surface area contributed by atoms with Gasteiger partial charge in [0.15, 0.2) is 0 Å². The zero-order valence-corrected chi connectivity index (χ0v) is 12.6. The van der Waals surface area contributed by atoms with Gasteiger partial charge in [0.2, 0.25) is 0 Å². The van der Waals surface area contributed by atoms with Crippen molar-refractivity contribution in [3.8, 4) is 5.75 Å². The number of ether oxygens (including phenoxy) is 2. The van der Waals surface area contributed by atoms with Crippen LogP contribution in [0, 0.1) is 0 Å². The maximum absolute atomic E-state index is 6.02. The molecule has 19 heavy (non-hydrogen) atoms. The first-order valence-corrected chi connectivity index (χ1v) is 7.35. The van der Waals surface area contributed by atoms with Crippen LogP contribution >= 0.6 is 11.6 Å². The monoisotopic (exact) mass is 285 g/mol. The van der Waals surface area contributed by atoms with Crippen molar-refractivity contribution in [2.45, 2.75) is 33.2 Å². The molecule has 0 aromatic heterocycles. The van der Waals surface area contributed by atoms with Gasteiger partial charge in [0.25, 0.3) is 0 Å². The van der Waals surface area contributed by atoms with Crippen molar-refractivity contribution < 1.29 is 9.47 Å². The van der Waals surface area contributed by atoms with E-state index in [1.54, 1.807) is 0 Å². The van der Waals surface area contributed by atoms with Crippen LogP contribution in [-0.4, -0.2) is 26.4 Å². The Labute approximate surface area is 121 Å². The molecule has 4 heteroatoms. The van der Waals surface area contributed by atoms with Gasteiger partial charge in [0.05, 0.1) is 6.61 Å². The topological polar surface area (TPSA) is 30.5 Å². The van der Waals surface area contributed by atoms with Gasteiger partial charge in [0, 0.05) is 23.7 Å². The van der Waals surface area contributed by atoms with Gasteiger partial charge in [-0.15, -0.1) is 0 Å². The lowest BCUT2D eigenvalue weighted by atomic mass is 10.2. The summed E-state index contributed by atoms with van der Waals surface area (Å²) >= 11 is 6.02. The van der Waals surface area contributed by atoms with Crippen molar-refractivity contribution in [2.75, 3.05) is 26.4 Å². The Kier molecular flexibility index (Phi) is 8.63. The van der Waals surface area contributed by atoms with Crippen molar-refractivity contribution in [3.63, 3.8) is 0 Å². The Morgan fingerprint density at radius 1 is 1.11 bits per heavy atom. The summed E-state index contributed by atoms with van der Waals surface area (Å²) in [6.45, 7) is 7.99. The number of nitrogens with one attached hydrogen (secondary N) is 1. The first-order valence-electron chi connectivity index (χ1n) is 6.97. The molecule has 108 valence electrons. The Hall–Kier alpha value is -0.770. The molecule has 1 rings (SSSR count). The Morgan fingerprint density at radius 2 is 1.95 bits per heavy atom. The minimum absolute atomic E-state index is 0.572. The molecule has 0 aliphatic carbocycles. The number of hydrogen-bond acceptors (Lipinski definition) is 3. The predicted octanol–water partition coefficient (Wildman–Crippen LogP) is 3.65. The molecule has 3 nitrogen and oxygen atoms in total. The highest BCUT2D eigenvalue weighted by molar-refractivity contribution is 6.30. The fraction of sp³-hybridized carbons (Fsp3) is 0.600. The van der Waals surface area contributed by atoms with Crippen molar-refractivity contribution in [1.82, 2.24) is 5.32 Å². The predicted molar refractivity (Wildman–Crippen MR) is 80.1 cm³/mol. The van der Waals surface area contributed by atoms with Crippen molar-refractivity contribution in [3.05, 3.63) is 28.8 Å². The summed E-state index contributed by atoms with van der Waals surface area (Å²) in [5.74, 6) is 0.883. The molecule has 0 saturated carbocycles. The standard InChI is InChI=1S/C15H24ClNO2/c1-3-7-17-12-13-11-14(16)5-6-15(13)19-10-9-18-8-4-2/h5-6,11,17H,3-4,7-10,12H2,1-2H3. The van der Waals surface area contributed by atoms with Crippen LogP contribution in [0.3, 0.4) is 0 Å². The molecule has 0 aliphatic rings. The smallest absolute Gasteiger partial charge is 0.124 e. The van der Waals surface area contributed by atoms with Gasteiger partial charge in [-0.2, -0.15) is 0 Å². The maximum Gasteiger partial charge on any atom is 0.124 e.